The lowest BCUT2D eigenvalue weighted by Gasteiger charge is -2.26. The van der Waals surface area contributed by atoms with Crippen LogP contribution in [0.25, 0.3) is 0 Å². The molecule has 1 aromatic rings. The summed E-state index contributed by atoms with van der Waals surface area (Å²) in [4.78, 5) is 2.22. The lowest BCUT2D eigenvalue weighted by Crippen LogP contribution is -2.31. The molecule has 0 aromatic heterocycles. The molecule has 0 radical (unpaired) electrons. The van der Waals surface area contributed by atoms with Crippen LogP contribution in [0.1, 0.15) is 31.7 Å². The van der Waals surface area contributed by atoms with Gasteiger partial charge in [0.2, 0.25) is 0 Å². The Morgan fingerprint density at radius 3 is 3.00 bits per heavy atom. The topological polar surface area (TPSA) is 23.5 Å². The Morgan fingerprint density at radius 2 is 2.33 bits per heavy atom. The molecule has 0 spiro atoms. The molecular formula is C14H19ClFNO. The van der Waals surface area contributed by atoms with Gasteiger partial charge in [0.25, 0.3) is 0 Å². The average Bonchev–Trinajstić information content (AvgIpc) is 2.70. The van der Waals surface area contributed by atoms with E-state index in [9.17, 15) is 9.50 Å². The highest BCUT2D eigenvalue weighted by molar-refractivity contribution is 6.31. The summed E-state index contributed by atoms with van der Waals surface area (Å²) in [5.74, 6) is -0.245. The van der Waals surface area contributed by atoms with Crippen LogP contribution < -0.4 is 0 Å². The van der Waals surface area contributed by atoms with Gasteiger partial charge < -0.3 is 5.11 Å². The van der Waals surface area contributed by atoms with E-state index >= 15 is 0 Å². The first-order valence-electron chi connectivity index (χ1n) is 6.43. The van der Waals surface area contributed by atoms with E-state index in [0.717, 1.165) is 25.8 Å². The van der Waals surface area contributed by atoms with Gasteiger partial charge in [-0.1, -0.05) is 17.7 Å². The standard InChI is InChI=1S/C14H19ClFNO/c1-10(18)8-11-4-3-7-17(11)9-12-13(15)5-2-6-14(12)16/h2,5-6,10-11,18H,3-4,7-9H2,1H3. The van der Waals surface area contributed by atoms with E-state index in [1.165, 1.54) is 6.07 Å². The summed E-state index contributed by atoms with van der Waals surface area (Å²) in [5, 5.41) is 9.96. The maximum Gasteiger partial charge on any atom is 0.129 e. The summed E-state index contributed by atoms with van der Waals surface area (Å²) in [6.07, 6.45) is 2.60. The van der Waals surface area contributed by atoms with Crippen molar-refractivity contribution < 1.29 is 9.50 Å². The molecule has 2 unspecified atom stereocenters. The van der Waals surface area contributed by atoms with Crippen molar-refractivity contribution in [3.8, 4) is 0 Å². The Labute approximate surface area is 112 Å². The molecule has 2 rings (SSSR count). The zero-order chi connectivity index (χ0) is 13.1. The Bertz CT molecular complexity index is 391. The van der Waals surface area contributed by atoms with Crippen LogP contribution in [0.5, 0.6) is 0 Å². The summed E-state index contributed by atoms with van der Waals surface area (Å²) < 4.78 is 13.7. The summed E-state index contributed by atoms with van der Waals surface area (Å²) in [5.41, 5.74) is 0.566. The predicted molar refractivity (Wildman–Crippen MR) is 71.1 cm³/mol. The fraction of sp³-hybridized carbons (Fsp3) is 0.571. The fourth-order valence-corrected chi connectivity index (χ4v) is 2.87. The third kappa shape index (κ3) is 3.22. The second-order valence-electron chi connectivity index (χ2n) is 5.05. The molecule has 1 fully saturated rings. The quantitative estimate of drug-likeness (QED) is 0.909. The van der Waals surface area contributed by atoms with Crippen molar-refractivity contribution in [3.63, 3.8) is 0 Å². The average molecular weight is 272 g/mol. The van der Waals surface area contributed by atoms with Gasteiger partial charge in [0.1, 0.15) is 5.82 Å². The number of hydrogen-bond acceptors (Lipinski definition) is 2. The van der Waals surface area contributed by atoms with Crippen LogP contribution in [-0.4, -0.2) is 28.7 Å². The zero-order valence-electron chi connectivity index (χ0n) is 10.6. The number of likely N-dealkylation sites (tertiary alicyclic amines) is 1. The Morgan fingerprint density at radius 1 is 1.56 bits per heavy atom. The lowest BCUT2D eigenvalue weighted by molar-refractivity contribution is 0.130. The number of rotatable bonds is 4. The molecule has 100 valence electrons. The van der Waals surface area contributed by atoms with E-state index in [1.54, 1.807) is 19.1 Å². The number of halogens is 2. The van der Waals surface area contributed by atoms with Crippen molar-refractivity contribution in [2.75, 3.05) is 6.54 Å². The van der Waals surface area contributed by atoms with Crippen LogP contribution in [0.3, 0.4) is 0 Å². The molecule has 18 heavy (non-hydrogen) atoms. The van der Waals surface area contributed by atoms with Crippen molar-refractivity contribution in [1.29, 1.82) is 0 Å². The molecule has 1 saturated heterocycles. The molecule has 1 N–H and O–H groups in total. The number of benzene rings is 1. The normalized spacial score (nSPS) is 22.3. The molecule has 4 heteroatoms. The first-order chi connectivity index (χ1) is 8.58. The summed E-state index contributed by atoms with van der Waals surface area (Å²) in [6.45, 7) is 3.28. The van der Waals surface area contributed by atoms with Crippen molar-refractivity contribution in [2.24, 2.45) is 0 Å². The predicted octanol–water partition coefficient (Wildman–Crippen LogP) is 3.21. The number of nitrogens with zero attached hydrogens (tertiary/aromatic N) is 1. The minimum atomic E-state index is -0.313. The molecule has 1 aliphatic rings. The summed E-state index contributed by atoms with van der Waals surface area (Å²) in [6, 6.07) is 5.12. The lowest BCUT2D eigenvalue weighted by atomic mass is 10.1. The third-order valence-electron chi connectivity index (χ3n) is 3.54. The molecule has 0 aliphatic carbocycles. The van der Waals surface area contributed by atoms with Crippen LogP contribution in [0, 0.1) is 5.82 Å². The van der Waals surface area contributed by atoms with Crippen LogP contribution in [0.15, 0.2) is 18.2 Å². The SMILES string of the molecule is CC(O)CC1CCCN1Cc1c(F)cccc1Cl. The van der Waals surface area contributed by atoms with Gasteiger partial charge in [0.15, 0.2) is 0 Å². The van der Waals surface area contributed by atoms with Crippen LogP contribution >= 0.6 is 11.6 Å². The van der Waals surface area contributed by atoms with Crippen LogP contribution in [0.2, 0.25) is 5.02 Å². The van der Waals surface area contributed by atoms with Gasteiger partial charge in [0, 0.05) is 23.2 Å². The van der Waals surface area contributed by atoms with Gasteiger partial charge in [-0.2, -0.15) is 0 Å². The zero-order valence-corrected chi connectivity index (χ0v) is 11.3. The first-order valence-corrected chi connectivity index (χ1v) is 6.80. The van der Waals surface area contributed by atoms with E-state index < -0.39 is 0 Å². The molecule has 0 amide bonds. The van der Waals surface area contributed by atoms with Gasteiger partial charge >= 0.3 is 0 Å². The second kappa shape index (κ2) is 6.00. The molecule has 0 saturated carbocycles. The van der Waals surface area contributed by atoms with Crippen molar-refractivity contribution in [1.82, 2.24) is 4.90 Å². The van der Waals surface area contributed by atoms with Crippen molar-refractivity contribution in [2.45, 2.75) is 44.9 Å². The number of hydrogen-bond donors (Lipinski definition) is 1. The van der Waals surface area contributed by atoms with Crippen LogP contribution in [0.4, 0.5) is 4.39 Å². The minimum absolute atomic E-state index is 0.245. The molecular weight excluding hydrogens is 253 g/mol. The highest BCUT2D eigenvalue weighted by atomic mass is 35.5. The van der Waals surface area contributed by atoms with Crippen molar-refractivity contribution in [3.05, 3.63) is 34.6 Å². The van der Waals surface area contributed by atoms with Gasteiger partial charge in [-0.15, -0.1) is 0 Å². The summed E-state index contributed by atoms with van der Waals surface area (Å²) >= 11 is 6.05. The molecule has 0 bridgehead atoms. The number of aliphatic hydroxyl groups excluding tert-OH is 1. The maximum absolute atomic E-state index is 13.7. The van der Waals surface area contributed by atoms with Gasteiger partial charge in [0.05, 0.1) is 6.10 Å². The molecule has 1 aliphatic heterocycles. The van der Waals surface area contributed by atoms with Crippen LogP contribution in [-0.2, 0) is 6.54 Å². The smallest absolute Gasteiger partial charge is 0.129 e. The second-order valence-corrected chi connectivity index (χ2v) is 5.46. The largest absolute Gasteiger partial charge is 0.393 e. The van der Waals surface area contributed by atoms with E-state index in [2.05, 4.69) is 4.90 Å². The monoisotopic (exact) mass is 271 g/mol. The van der Waals surface area contributed by atoms with E-state index in [-0.39, 0.29) is 11.9 Å². The third-order valence-corrected chi connectivity index (χ3v) is 3.89. The molecule has 2 atom stereocenters. The van der Waals surface area contributed by atoms with E-state index in [4.69, 9.17) is 11.6 Å². The number of aliphatic hydroxyl groups is 1. The van der Waals surface area contributed by atoms with Gasteiger partial charge in [-0.3, -0.25) is 4.90 Å². The minimum Gasteiger partial charge on any atom is -0.393 e. The first kappa shape index (κ1) is 13.8. The maximum atomic E-state index is 13.7. The fourth-order valence-electron chi connectivity index (χ4n) is 2.65. The Kier molecular flexibility index (Phi) is 4.60. The molecule has 1 heterocycles. The highest BCUT2D eigenvalue weighted by Gasteiger charge is 2.26. The van der Waals surface area contributed by atoms with E-state index in [1.807, 2.05) is 0 Å². The Hall–Kier alpha value is -0.640. The van der Waals surface area contributed by atoms with E-state index in [0.29, 0.717) is 23.2 Å². The molecule has 1 aromatic carbocycles. The van der Waals surface area contributed by atoms with Crippen molar-refractivity contribution >= 4 is 11.6 Å². The Balaban J connectivity index is 2.08. The molecule has 2 nitrogen and oxygen atoms in total. The van der Waals surface area contributed by atoms with Gasteiger partial charge in [-0.05, 0) is 44.9 Å². The highest BCUT2D eigenvalue weighted by Crippen LogP contribution is 2.27. The van der Waals surface area contributed by atoms with Gasteiger partial charge in [-0.25, -0.2) is 4.39 Å². The summed E-state index contributed by atoms with van der Waals surface area (Å²) in [7, 11) is 0.